The third-order valence-electron chi connectivity index (χ3n) is 4.50. The first-order valence-electron chi connectivity index (χ1n) is 8.07. The minimum absolute atomic E-state index is 0.224. The third-order valence-corrected chi connectivity index (χ3v) is 5.77. The van der Waals surface area contributed by atoms with Gasteiger partial charge in [-0.05, 0) is 36.5 Å². The highest BCUT2D eigenvalue weighted by molar-refractivity contribution is 7.88. The molecule has 3 rings (SSSR count). The molecule has 1 fully saturated rings. The summed E-state index contributed by atoms with van der Waals surface area (Å²) in [5.41, 5.74) is 2.45. The van der Waals surface area contributed by atoms with E-state index in [1.807, 2.05) is 12.1 Å². The van der Waals surface area contributed by atoms with Crippen LogP contribution in [-0.2, 0) is 16.4 Å². The normalized spacial score (nSPS) is 18.4. The molecule has 1 aliphatic rings. The summed E-state index contributed by atoms with van der Waals surface area (Å²) < 4.78 is 24.7. The zero-order chi connectivity index (χ0) is 18.0. The number of hydrogen-bond donors (Lipinski definition) is 1. The van der Waals surface area contributed by atoms with Gasteiger partial charge in [-0.15, -0.1) is 0 Å². The van der Waals surface area contributed by atoms with Crippen LogP contribution in [0.3, 0.4) is 0 Å². The standard InChI is InChI=1S/C18H20N2O4S/c1-25(23,24)20-9-8-14(12-20)10-13-6-7-17(19-11-13)15-4-2-3-5-16(15)18(21)22/h2-7,11,14H,8-10,12H2,1H3,(H,21,22). The molecular formula is C18H20N2O4S. The van der Waals surface area contributed by atoms with Gasteiger partial charge in [-0.2, -0.15) is 0 Å². The average Bonchev–Trinajstić information content (AvgIpc) is 3.04. The SMILES string of the molecule is CS(=O)(=O)N1CCC(Cc2ccc(-c3ccccc3C(=O)O)nc2)C1. The highest BCUT2D eigenvalue weighted by Crippen LogP contribution is 2.25. The second kappa shape index (κ2) is 6.93. The van der Waals surface area contributed by atoms with Crippen molar-refractivity contribution in [2.24, 2.45) is 5.92 Å². The van der Waals surface area contributed by atoms with Gasteiger partial charge in [0.1, 0.15) is 0 Å². The number of sulfonamides is 1. The summed E-state index contributed by atoms with van der Waals surface area (Å²) in [5.74, 6) is -0.693. The van der Waals surface area contributed by atoms with E-state index in [1.165, 1.54) is 10.6 Å². The quantitative estimate of drug-likeness (QED) is 0.884. The number of carboxylic acid groups (broad SMARTS) is 1. The predicted molar refractivity (Wildman–Crippen MR) is 94.9 cm³/mol. The van der Waals surface area contributed by atoms with Crippen LogP contribution in [0, 0.1) is 5.92 Å². The van der Waals surface area contributed by atoms with Crippen LogP contribution in [0.5, 0.6) is 0 Å². The Labute approximate surface area is 147 Å². The molecule has 0 aliphatic carbocycles. The molecule has 132 valence electrons. The molecule has 1 saturated heterocycles. The molecule has 0 saturated carbocycles. The van der Waals surface area contributed by atoms with Gasteiger partial charge in [-0.1, -0.05) is 24.3 Å². The van der Waals surface area contributed by atoms with E-state index in [0.29, 0.717) is 24.3 Å². The number of benzene rings is 1. The van der Waals surface area contributed by atoms with E-state index in [-0.39, 0.29) is 11.5 Å². The minimum Gasteiger partial charge on any atom is -0.478 e. The molecule has 1 atom stereocenters. The number of aromatic carboxylic acids is 1. The summed E-state index contributed by atoms with van der Waals surface area (Å²) >= 11 is 0. The molecule has 1 aromatic carbocycles. The molecule has 1 N–H and O–H groups in total. The highest BCUT2D eigenvalue weighted by atomic mass is 32.2. The zero-order valence-electron chi connectivity index (χ0n) is 13.9. The van der Waals surface area contributed by atoms with Crippen molar-refractivity contribution < 1.29 is 18.3 Å². The summed E-state index contributed by atoms with van der Waals surface area (Å²) in [6.07, 6.45) is 4.60. The maximum Gasteiger partial charge on any atom is 0.336 e. The van der Waals surface area contributed by atoms with Gasteiger partial charge in [0.25, 0.3) is 0 Å². The number of rotatable bonds is 5. The predicted octanol–water partition coefficient (Wildman–Crippen LogP) is 2.27. The van der Waals surface area contributed by atoms with E-state index >= 15 is 0 Å². The molecule has 2 heterocycles. The Balaban J connectivity index is 1.73. The lowest BCUT2D eigenvalue weighted by Gasteiger charge is -2.13. The van der Waals surface area contributed by atoms with Crippen LogP contribution in [-0.4, -0.2) is 48.1 Å². The Bertz CT molecular complexity index is 878. The lowest BCUT2D eigenvalue weighted by atomic mass is 9.98. The van der Waals surface area contributed by atoms with Crippen LogP contribution in [0.2, 0.25) is 0 Å². The van der Waals surface area contributed by atoms with Crippen molar-refractivity contribution in [2.45, 2.75) is 12.8 Å². The summed E-state index contributed by atoms with van der Waals surface area (Å²) in [4.78, 5) is 15.7. The highest BCUT2D eigenvalue weighted by Gasteiger charge is 2.28. The fourth-order valence-electron chi connectivity index (χ4n) is 3.20. The van der Waals surface area contributed by atoms with Gasteiger partial charge in [0.15, 0.2) is 0 Å². The second-order valence-electron chi connectivity index (χ2n) is 6.38. The molecule has 0 bridgehead atoms. The van der Waals surface area contributed by atoms with Crippen molar-refractivity contribution in [3.63, 3.8) is 0 Å². The minimum atomic E-state index is -3.12. The largest absolute Gasteiger partial charge is 0.478 e. The Morgan fingerprint density at radius 3 is 2.64 bits per heavy atom. The second-order valence-corrected chi connectivity index (χ2v) is 8.36. The van der Waals surface area contributed by atoms with Gasteiger partial charge in [0.05, 0.1) is 17.5 Å². The van der Waals surface area contributed by atoms with Gasteiger partial charge < -0.3 is 5.11 Å². The molecule has 7 heteroatoms. The number of nitrogens with zero attached hydrogens (tertiary/aromatic N) is 2. The van der Waals surface area contributed by atoms with Crippen LogP contribution in [0.4, 0.5) is 0 Å². The number of hydrogen-bond acceptors (Lipinski definition) is 4. The van der Waals surface area contributed by atoms with Crippen LogP contribution in [0.25, 0.3) is 11.3 Å². The monoisotopic (exact) mass is 360 g/mol. The van der Waals surface area contributed by atoms with Gasteiger partial charge in [0.2, 0.25) is 10.0 Å². The van der Waals surface area contributed by atoms with E-state index < -0.39 is 16.0 Å². The lowest BCUT2D eigenvalue weighted by molar-refractivity contribution is 0.0697. The van der Waals surface area contributed by atoms with Gasteiger partial charge in [0, 0.05) is 24.8 Å². The molecule has 0 amide bonds. The average molecular weight is 360 g/mol. The Kier molecular flexibility index (Phi) is 4.87. The lowest BCUT2D eigenvalue weighted by Crippen LogP contribution is -2.27. The van der Waals surface area contributed by atoms with Crippen molar-refractivity contribution in [1.82, 2.24) is 9.29 Å². The Morgan fingerprint density at radius 2 is 2.04 bits per heavy atom. The molecule has 6 nitrogen and oxygen atoms in total. The fraction of sp³-hybridized carbons (Fsp3) is 0.333. The van der Waals surface area contributed by atoms with E-state index in [9.17, 15) is 18.3 Å². The third kappa shape index (κ3) is 4.05. The molecule has 2 aromatic rings. The summed E-state index contributed by atoms with van der Waals surface area (Å²) in [6.45, 7) is 1.11. The van der Waals surface area contributed by atoms with Crippen LogP contribution < -0.4 is 0 Å². The molecule has 1 unspecified atom stereocenters. The molecule has 0 radical (unpaired) electrons. The maximum absolute atomic E-state index is 11.6. The first-order valence-corrected chi connectivity index (χ1v) is 9.92. The molecular weight excluding hydrogens is 340 g/mol. The van der Waals surface area contributed by atoms with Crippen molar-refractivity contribution in [3.8, 4) is 11.3 Å². The van der Waals surface area contributed by atoms with Crippen LogP contribution in [0.15, 0.2) is 42.6 Å². The fourth-order valence-corrected chi connectivity index (χ4v) is 4.11. The van der Waals surface area contributed by atoms with Crippen LogP contribution >= 0.6 is 0 Å². The first-order chi connectivity index (χ1) is 11.8. The molecule has 1 aromatic heterocycles. The molecule has 1 aliphatic heterocycles. The smallest absolute Gasteiger partial charge is 0.336 e. The van der Waals surface area contributed by atoms with E-state index in [2.05, 4.69) is 4.98 Å². The summed E-state index contributed by atoms with van der Waals surface area (Å²) in [6, 6.07) is 10.5. The Morgan fingerprint density at radius 1 is 1.28 bits per heavy atom. The van der Waals surface area contributed by atoms with Crippen molar-refractivity contribution in [2.75, 3.05) is 19.3 Å². The van der Waals surface area contributed by atoms with E-state index in [4.69, 9.17) is 0 Å². The summed E-state index contributed by atoms with van der Waals surface area (Å²) in [5, 5.41) is 9.28. The number of carbonyl (C=O) groups is 1. The topological polar surface area (TPSA) is 87.6 Å². The van der Waals surface area contributed by atoms with Gasteiger partial charge >= 0.3 is 5.97 Å². The molecule has 25 heavy (non-hydrogen) atoms. The first kappa shape index (κ1) is 17.6. The van der Waals surface area contributed by atoms with Crippen LogP contribution in [0.1, 0.15) is 22.3 Å². The van der Waals surface area contributed by atoms with E-state index in [0.717, 1.165) is 18.4 Å². The van der Waals surface area contributed by atoms with Crippen molar-refractivity contribution in [3.05, 3.63) is 53.7 Å². The van der Waals surface area contributed by atoms with Crippen molar-refractivity contribution in [1.29, 1.82) is 0 Å². The number of pyridine rings is 1. The molecule has 0 spiro atoms. The van der Waals surface area contributed by atoms with Crippen molar-refractivity contribution >= 4 is 16.0 Å². The zero-order valence-corrected chi connectivity index (χ0v) is 14.7. The number of carboxylic acids is 1. The summed E-state index contributed by atoms with van der Waals surface area (Å²) in [7, 11) is -3.12. The van der Waals surface area contributed by atoms with Gasteiger partial charge in [-0.3, -0.25) is 4.98 Å². The number of aromatic nitrogens is 1. The Hall–Kier alpha value is -2.25. The maximum atomic E-state index is 11.6. The van der Waals surface area contributed by atoms with Gasteiger partial charge in [-0.25, -0.2) is 17.5 Å². The van der Waals surface area contributed by atoms with E-state index in [1.54, 1.807) is 30.5 Å².